The molecule has 0 spiro atoms. The van der Waals surface area contributed by atoms with Crippen molar-refractivity contribution in [3.8, 4) is 55.9 Å². The van der Waals surface area contributed by atoms with Crippen molar-refractivity contribution in [2.24, 2.45) is 0 Å². The molecule has 4 nitrogen and oxygen atoms in total. The third-order valence-electron chi connectivity index (χ3n) is 9.77. The van der Waals surface area contributed by atoms with Gasteiger partial charge in [-0.2, -0.15) is 0 Å². The van der Waals surface area contributed by atoms with E-state index in [9.17, 15) is 0 Å². The zero-order chi connectivity index (χ0) is 34.9. The molecule has 0 aliphatic heterocycles. The van der Waals surface area contributed by atoms with Crippen LogP contribution in [0.25, 0.3) is 106 Å². The standard InChI is InChI=1S/C46H26N4S3/c1-2-10-27(11-3-1)43-48-44(30-21-23-38-34(26-30)32-14-4-6-17-37(32)51-38)50-45(49-43)33-15-9-19-41-42(33)35-25-29(20-22-39(35)52-41)28-12-8-13-31(24-28)46-47-36-16-5-7-18-40(36)53-46/h1-26H. The summed E-state index contributed by atoms with van der Waals surface area (Å²) in [5.41, 5.74) is 7.40. The Bertz CT molecular complexity index is 3160. The Morgan fingerprint density at radius 2 is 0.925 bits per heavy atom. The first-order valence-corrected chi connectivity index (χ1v) is 19.8. The molecule has 7 aromatic carbocycles. The molecule has 0 saturated heterocycles. The van der Waals surface area contributed by atoms with E-state index in [-0.39, 0.29) is 0 Å². The Kier molecular flexibility index (Phi) is 7.05. The van der Waals surface area contributed by atoms with E-state index < -0.39 is 0 Å². The second kappa shape index (κ2) is 12.2. The van der Waals surface area contributed by atoms with Gasteiger partial charge in [0.1, 0.15) is 5.01 Å². The van der Waals surface area contributed by atoms with E-state index >= 15 is 0 Å². The Morgan fingerprint density at radius 1 is 0.321 bits per heavy atom. The molecular formula is C46H26N4S3. The SMILES string of the molecule is c1ccc(-c2nc(-c3ccc4sc5ccccc5c4c3)nc(-c3cccc4sc5ccc(-c6cccc(-c7nc8ccccc8s7)c6)cc5c34)n2)cc1. The monoisotopic (exact) mass is 730 g/mol. The van der Waals surface area contributed by atoms with Crippen molar-refractivity contribution < 1.29 is 0 Å². The first kappa shape index (κ1) is 30.5. The lowest BCUT2D eigenvalue weighted by Crippen LogP contribution is -2.00. The third kappa shape index (κ3) is 5.24. The number of thiazole rings is 1. The number of thiophene rings is 2. The van der Waals surface area contributed by atoms with Gasteiger partial charge in [-0.25, -0.2) is 19.9 Å². The van der Waals surface area contributed by atoms with Crippen LogP contribution < -0.4 is 0 Å². The molecule has 0 fully saturated rings. The molecule has 0 radical (unpaired) electrons. The second-order valence-electron chi connectivity index (χ2n) is 13.0. The molecule has 0 aliphatic carbocycles. The molecule has 248 valence electrons. The summed E-state index contributed by atoms with van der Waals surface area (Å²) in [5, 5.41) is 5.86. The van der Waals surface area contributed by atoms with Crippen LogP contribution in [-0.2, 0) is 0 Å². The van der Waals surface area contributed by atoms with Crippen LogP contribution in [0.15, 0.2) is 158 Å². The van der Waals surface area contributed by atoms with E-state index in [1.807, 2.05) is 35.6 Å². The maximum atomic E-state index is 5.23. The van der Waals surface area contributed by atoms with Crippen LogP contribution >= 0.6 is 34.0 Å². The number of hydrogen-bond acceptors (Lipinski definition) is 7. The highest BCUT2D eigenvalue weighted by Crippen LogP contribution is 2.42. The van der Waals surface area contributed by atoms with E-state index in [4.69, 9.17) is 19.9 Å². The molecule has 0 N–H and O–H groups in total. The Labute approximate surface area is 316 Å². The van der Waals surface area contributed by atoms with Crippen molar-refractivity contribution in [2.75, 3.05) is 0 Å². The molecule has 0 unspecified atom stereocenters. The quantitative estimate of drug-likeness (QED) is 0.177. The fraction of sp³-hybridized carbons (Fsp3) is 0. The maximum Gasteiger partial charge on any atom is 0.164 e. The van der Waals surface area contributed by atoms with Crippen molar-refractivity contribution in [1.82, 2.24) is 19.9 Å². The fourth-order valence-corrected chi connectivity index (χ4v) is 10.4. The molecule has 0 aliphatic rings. The Balaban J connectivity index is 1.08. The van der Waals surface area contributed by atoms with Crippen molar-refractivity contribution in [2.45, 2.75) is 0 Å². The van der Waals surface area contributed by atoms with Crippen LogP contribution in [0.1, 0.15) is 0 Å². The zero-order valence-corrected chi connectivity index (χ0v) is 30.5. The molecule has 0 atom stereocenters. The molecule has 7 heteroatoms. The van der Waals surface area contributed by atoms with Crippen LogP contribution in [0.3, 0.4) is 0 Å². The lowest BCUT2D eigenvalue weighted by molar-refractivity contribution is 1.08. The molecule has 4 aromatic heterocycles. The van der Waals surface area contributed by atoms with E-state index in [1.54, 1.807) is 22.7 Å². The predicted octanol–water partition coefficient (Wildman–Crippen LogP) is 13.6. The number of fused-ring (bicyclic) bond motifs is 7. The van der Waals surface area contributed by atoms with Gasteiger partial charge in [0.15, 0.2) is 17.5 Å². The molecule has 0 amide bonds. The normalized spacial score (nSPS) is 11.8. The third-order valence-corrected chi connectivity index (χ3v) is 13.1. The maximum absolute atomic E-state index is 5.23. The summed E-state index contributed by atoms with van der Waals surface area (Å²) >= 11 is 5.35. The average Bonchev–Trinajstić information content (AvgIpc) is 3.94. The fourth-order valence-electron chi connectivity index (χ4n) is 7.23. The molecule has 53 heavy (non-hydrogen) atoms. The molecule has 4 heterocycles. The highest BCUT2D eigenvalue weighted by atomic mass is 32.1. The summed E-state index contributed by atoms with van der Waals surface area (Å²) in [6, 6.07) is 55.7. The first-order valence-electron chi connectivity index (χ1n) is 17.4. The van der Waals surface area contributed by atoms with Crippen LogP contribution in [0.2, 0.25) is 0 Å². The van der Waals surface area contributed by atoms with E-state index in [0.717, 1.165) is 49.3 Å². The van der Waals surface area contributed by atoms with Crippen molar-refractivity contribution in [1.29, 1.82) is 0 Å². The lowest BCUT2D eigenvalue weighted by Gasteiger charge is -2.10. The van der Waals surface area contributed by atoms with E-state index in [2.05, 4.69) is 133 Å². The van der Waals surface area contributed by atoms with Gasteiger partial charge in [0.2, 0.25) is 0 Å². The van der Waals surface area contributed by atoms with Gasteiger partial charge in [0, 0.05) is 62.6 Å². The van der Waals surface area contributed by atoms with E-state index in [0.29, 0.717) is 17.5 Å². The number of hydrogen-bond donors (Lipinski definition) is 0. The summed E-state index contributed by atoms with van der Waals surface area (Å²) in [6.45, 7) is 0. The van der Waals surface area contributed by atoms with Crippen molar-refractivity contribution in [3.05, 3.63) is 158 Å². The highest BCUT2D eigenvalue weighted by molar-refractivity contribution is 7.26. The van der Waals surface area contributed by atoms with Gasteiger partial charge in [-0.1, -0.05) is 97.1 Å². The Morgan fingerprint density at radius 3 is 1.81 bits per heavy atom. The van der Waals surface area contributed by atoms with Gasteiger partial charge >= 0.3 is 0 Å². The van der Waals surface area contributed by atoms with Gasteiger partial charge in [0.05, 0.1) is 10.2 Å². The summed E-state index contributed by atoms with van der Waals surface area (Å²) in [4.78, 5) is 20.4. The highest BCUT2D eigenvalue weighted by Gasteiger charge is 2.18. The minimum Gasteiger partial charge on any atom is -0.236 e. The van der Waals surface area contributed by atoms with Gasteiger partial charge in [0.25, 0.3) is 0 Å². The number of benzene rings is 7. The minimum absolute atomic E-state index is 0.657. The summed E-state index contributed by atoms with van der Waals surface area (Å²) in [6.07, 6.45) is 0. The summed E-state index contributed by atoms with van der Waals surface area (Å²) in [5.74, 6) is 1.98. The van der Waals surface area contributed by atoms with E-state index in [1.165, 1.54) is 39.7 Å². The van der Waals surface area contributed by atoms with Gasteiger partial charge in [-0.15, -0.1) is 34.0 Å². The van der Waals surface area contributed by atoms with Crippen molar-refractivity contribution >= 4 is 84.6 Å². The predicted molar refractivity (Wildman–Crippen MR) is 226 cm³/mol. The lowest BCUT2D eigenvalue weighted by atomic mass is 9.99. The number of aromatic nitrogens is 4. The first-order chi connectivity index (χ1) is 26.2. The minimum atomic E-state index is 0.657. The molecule has 11 rings (SSSR count). The molecule has 0 bridgehead atoms. The van der Waals surface area contributed by atoms with Crippen LogP contribution in [-0.4, -0.2) is 19.9 Å². The smallest absolute Gasteiger partial charge is 0.164 e. The van der Waals surface area contributed by atoms with Gasteiger partial charge in [-0.05, 0) is 71.8 Å². The van der Waals surface area contributed by atoms with Crippen molar-refractivity contribution in [3.63, 3.8) is 0 Å². The molecule has 11 aromatic rings. The number of nitrogens with zero attached hydrogens (tertiary/aromatic N) is 4. The Hall–Kier alpha value is -6.12. The summed E-state index contributed by atoms with van der Waals surface area (Å²) < 4.78 is 6.16. The summed E-state index contributed by atoms with van der Waals surface area (Å²) in [7, 11) is 0. The number of rotatable bonds is 5. The zero-order valence-electron chi connectivity index (χ0n) is 28.0. The van der Waals surface area contributed by atoms with Crippen LogP contribution in [0, 0.1) is 0 Å². The topological polar surface area (TPSA) is 51.6 Å². The van der Waals surface area contributed by atoms with Gasteiger partial charge < -0.3 is 0 Å². The largest absolute Gasteiger partial charge is 0.236 e. The number of para-hydroxylation sites is 1. The van der Waals surface area contributed by atoms with Crippen LogP contribution in [0.5, 0.6) is 0 Å². The van der Waals surface area contributed by atoms with Gasteiger partial charge in [-0.3, -0.25) is 0 Å². The average molecular weight is 731 g/mol. The second-order valence-corrected chi connectivity index (χ2v) is 16.2. The van der Waals surface area contributed by atoms with Crippen LogP contribution in [0.4, 0.5) is 0 Å². The molecule has 0 saturated carbocycles. The molecular weight excluding hydrogens is 705 g/mol.